The van der Waals surface area contributed by atoms with Gasteiger partial charge in [0.25, 0.3) is 0 Å². The minimum Gasteiger partial charge on any atom is -0.309 e. The van der Waals surface area contributed by atoms with Crippen molar-refractivity contribution in [1.82, 2.24) is 9.13 Å². The average Bonchev–Trinajstić information content (AvgIpc) is 4.02. The summed E-state index contributed by atoms with van der Waals surface area (Å²) < 4.78 is 4.94. The van der Waals surface area contributed by atoms with Crippen LogP contribution < -0.4 is 0 Å². The van der Waals surface area contributed by atoms with Gasteiger partial charge < -0.3 is 9.13 Å². The number of nitrogens with zero attached hydrogens (tertiary/aromatic N) is 2. The third-order valence-electron chi connectivity index (χ3n) is 14.6. The lowest BCUT2D eigenvalue weighted by molar-refractivity contribution is 0.769. The molecule has 13 aromatic rings. The normalized spacial score (nSPS) is 12.9. The van der Waals surface area contributed by atoms with E-state index in [2.05, 4.69) is 264 Å². The summed E-state index contributed by atoms with van der Waals surface area (Å²) in [6, 6.07) is 94.4. The molecule has 2 aromatic heterocycles. The fourth-order valence-corrected chi connectivity index (χ4v) is 11.7. The number of hydrogen-bond donors (Lipinski definition) is 0. The Balaban J connectivity index is 1.01. The fourth-order valence-electron chi connectivity index (χ4n) is 11.7. The van der Waals surface area contributed by atoms with Gasteiger partial charge in [0.2, 0.25) is 0 Å². The van der Waals surface area contributed by atoms with E-state index in [9.17, 15) is 0 Å². The van der Waals surface area contributed by atoms with Gasteiger partial charge in [0, 0.05) is 32.6 Å². The van der Waals surface area contributed by atoms with Crippen LogP contribution in [-0.4, -0.2) is 9.13 Å². The number of rotatable bonds is 6. The van der Waals surface area contributed by atoms with E-state index >= 15 is 0 Å². The Morgan fingerprint density at radius 3 is 1.52 bits per heavy atom. The van der Waals surface area contributed by atoms with Gasteiger partial charge in [-0.15, -0.1) is 0 Å². The fraction of sp³-hybridized carbons (Fsp3) is 0.0154. The summed E-state index contributed by atoms with van der Waals surface area (Å²) in [4.78, 5) is 0. The molecule has 1 aliphatic carbocycles. The first-order valence-corrected chi connectivity index (χ1v) is 23.3. The quantitative estimate of drug-likeness (QED) is 0.158. The van der Waals surface area contributed by atoms with Crippen LogP contribution in [0.1, 0.15) is 22.3 Å². The minimum atomic E-state index is -0.508. The number of hydrogen-bond acceptors (Lipinski definition) is 0. The predicted octanol–water partition coefficient (Wildman–Crippen LogP) is 16.7. The van der Waals surface area contributed by atoms with E-state index in [1.807, 2.05) is 0 Å². The van der Waals surface area contributed by atoms with Gasteiger partial charge in [-0.05, 0) is 122 Å². The average molecular weight is 851 g/mol. The molecule has 67 heavy (non-hydrogen) atoms. The zero-order chi connectivity index (χ0) is 44.1. The van der Waals surface area contributed by atoms with Crippen LogP contribution in [0.3, 0.4) is 0 Å². The number of aromatic nitrogens is 2. The molecule has 1 aliphatic rings. The van der Waals surface area contributed by atoms with Gasteiger partial charge in [-0.3, -0.25) is 0 Å². The molecule has 0 radical (unpaired) electrons. The Kier molecular flexibility index (Phi) is 8.23. The van der Waals surface area contributed by atoms with E-state index in [-0.39, 0.29) is 0 Å². The zero-order valence-electron chi connectivity index (χ0n) is 36.6. The van der Waals surface area contributed by atoms with Crippen LogP contribution in [0.5, 0.6) is 0 Å². The van der Waals surface area contributed by atoms with Crippen LogP contribution in [0.4, 0.5) is 0 Å². The number of para-hydroxylation sites is 1. The predicted molar refractivity (Wildman–Crippen MR) is 281 cm³/mol. The molecular weight excluding hydrogens is 809 g/mol. The molecule has 0 saturated carbocycles. The lowest BCUT2D eigenvalue weighted by Gasteiger charge is -2.34. The van der Waals surface area contributed by atoms with Crippen LogP contribution in [0.2, 0.25) is 0 Å². The number of benzene rings is 11. The molecule has 0 spiro atoms. The van der Waals surface area contributed by atoms with Crippen molar-refractivity contribution in [3.05, 3.63) is 277 Å². The molecule has 0 amide bonds. The summed E-state index contributed by atoms with van der Waals surface area (Å²) >= 11 is 0. The Morgan fingerprint density at radius 1 is 0.269 bits per heavy atom. The van der Waals surface area contributed by atoms with Crippen molar-refractivity contribution >= 4 is 54.4 Å². The van der Waals surface area contributed by atoms with Crippen LogP contribution in [0.15, 0.2) is 255 Å². The van der Waals surface area contributed by atoms with Gasteiger partial charge in [-0.2, -0.15) is 0 Å². The van der Waals surface area contributed by atoms with Gasteiger partial charge in [0.05, 0.1) is 33.2 Å². The monoisotopic (exact) mass is 850 g/mol. The van der Waals surface area contributed by atoms with Crippen LogP contribution in [0, 0.1) is 0 Å². The molecule has 0 bridgehead atoms. The van der Waals surface area contributed by atoms with E-state index < -0.39 is 5.41 Å². The molecule has 2 heterocycles. The molecule has 14 rings (SSSR count). The molecule has 312 valence electrons. The Hall–Kier alpha value is -8.72. The summed E-state index contributed by atoms with van der Waals surface area (Å²) in [5.74, 6) is 0. The van der Waals surface area contributed by atoms with Crippen LogP contribution >= 0.6 is 0 Å². The largest absolute Gasteiger partial charge is 0.309 e. The molecular formula is C65H42N2. The summed E-state index contributed by atoms with van der Waals surface area (Å²) in [6.07, 6.45) is 0. The summed E-state index contributed by atoms with van der Waals surface area (Å²) in [7, 11) is 0. The second-order valence-corrected chi connectivity index (χ2v) is 18.0. The highest BCUT2D eigenvalue weighted by Gasteiger charge is 2.46. The van der Waals surface area contributed by atoms with E-state index in [0.29, 0.717) is 0 Å². The SMILES string of the molecule is c1ccc(-c2ccc(-n3c4ccccc4c4cc(-c5ccc6c(c5)c5cc7c(cc5n6-c5cccc6ccccc56)C(c5ccccc5)(c5ccccc5)c5ccccc5-7)ccc43)cc2)cc1. The molecule has 2 heteroatoms. The minimum absolute atomic E-state index is 0.508. The Morgan fingerprint density at radius 2 is 0.791 bits per heavy atom. The van der Waals surface area contributed by atoms with Gasteiger partial charge >= 0.3 is 0 Å². The van der Waals surface area contributed by atoms with Crippen LogP contribution in [-0.2, 0) is 5.41 Å². The number of fused-ring (bicyclic) bond motifs is 10. The maximum Gasteiger partial charge on any atom is 0.0714 e. The molecule has 2 nitrogen and oxygen atoms in total. The Labute approximate surface area is 388 Å². The third kappa shape index (κ3) is 5.51. The van der Waals surface area contributed by atoms with Gasteiger partial charge in [0.15, 0.2) is 0 Å². The van der Waals surface area contributed by atoms with Gasteiger partial charge in [-0.1, -0.05) is 194 Å². The van der Waals surface area contributed by atoms with Crippen molar-refractivity contribution < 1.29 is 0 Å². The summed E-state index contributed by atoms with van der Waals surface area (Å²) in [5.41, 5.74) is 19.1. The highest BCUT2D eigenvalue weighted by molar-refractivity contribution is 6.15. The van der Waals surface area contributed by atoms with Gasteiger partial charge in [-0.25, -0.2) is 0 Å². The van der Waals surface area contributed by atoms with Crippen molar-refractivity contribution in [1.29, 1.82) is 0 Å². The van der Waals surface area contributed by atoms with Crippen molar-refractivity contribution in [2.75, 3.05) is 0 Å². The highest BCUT2D eigenvalue weighted by Crippen LogP contribution is 2.57. The third-order valence-corrected chi connectivity index (χ3v) is 14.6. The molecule has 0 fully saturated rings. The van der Waals surface area contributed by atoms with Crippen molar-refractivity contribution in [2.45, 2.75) is 5.41 Å². The highest BCUT2D eigenvalue weighted by atomic mass is 15.0. The molecule has 0 atom stereocenters. The smallest absolute Gasteiger partial charge is 0.0714 e. The lowest BCUT2D eigenvalue weighted by atomic mass is 9.67. The molecule has 0 N–H and O–H groups in total. The molecule has 11 aromatic carbocycles. The van der Waals surface area contributed by atoms with Gasteiger partial charge in [0.1, 0.15) is 0 Å². The summed E-state index contributed by atoms with van der Waals surface area (Å²) in [6.45, 7) is 0. The second-order valence-electron chi connectivity index (χ2n) is 18.0. The lowest BCUT2D eigenvalue weighted by Crippen LogP contribution is -2.28. The first kappa shape index (κ1) is 37.6. The zero-order valence-corrected chi connectivity index (χ0v) is 36.6. The van der Waals surface area contributed by atoms with E-state index in [1.165, 1.54) is 116 Å². The van der Waals surface area contributed by atoms with E-state index in [1.54, 1.807) is 0 Å². The summed E-state index contributed by atoms with van der Waals surface area (Å²) in [5, 5.41) is 7.42. The Bertz CT molecular complexity index is 4020. The van der Waals surface area contributed by atoms with Crippen molar-refractivity contribution in [2.24, 2.45) is 0 Å². The van der Waals surface area contributed by atoms with E-state index in [0.717, 1.165) is 5.69 Å². The molecule has 0 saturated heterocycles. The standard InChI is InChI=1S/C65H42N2/c1-4-17-43(18-5-1)44-31-35-50(36-32-44)66-61-29-15-13-27-53(61)55-39-46(33-37-62(55)66)47-34-38-63-56(40-47)57-41-54-52-26-12-14-28-58(52)65(48-21-6-2-7-22-48,49-23-8-3-9-24-49)59(54)42-64(57)67(63)60-30-16-20-45-19-10-11-25-51(45)60/h1-42H. The maximum atomic E-state index is 2.53. The maximum absolute atomic E-state index is 2.53. The molecule has 0 unspecified atom stereocenters. The first-order valence-electron chi connectivity index (χ1n) is 23.3. The van der Waals surface area contributed by atoms with Crippen LogP contribution in [0.25, 0.3) is 99.1 Å². The molecule has 0 aliphatic heterocycles. The van der Waals surface area contributed by atoms with Crippen molar-refractivity contribution in [3.63, 3.8) is 0 Å². The first-order chi connectivity index (χ1) is 33.2. The second kappa shape index (κ2) is 14.7. The topological polar surface area (TPSA) is 9.86 Å². The van der Waals surface area contributed by atoms with E-state index in [4.69, 9.17) is 0 Å². The van der Waals surface area contributed by atoms with Crippen molar-refractivity contribution in [3.8, 4) is 44.8 Å².